The predicted molar refractivity (Wildman–Crippen MR) is 99.5 cm³/mol. The second kappa shape index (κ2) is 5.70. The minimum absolute atomic E-state index is 0.541. The molecule has 0 amide bonds. The zero-order chi connectivity index (χ0) is 17.7. The van der Waals surface area contributed by atoms with Crippen LogP contribution in [0, 0.1) is 20.8 Å². The van der Waals surface area contributed by atoms with E-state index in [4.69, 9.17) is 21.3 Å². The maximum atomic E-state index is 6.33. The SMILES string of the molecule is COc1ccc2nc(C)c3c(C)nc(-c4cccc(Cl)c4C)n3c2n1. The Morgan fingerprint density at radius 2 is 1.72 bits per heavy atom. The van der Waals surface area contributed by atoms with Gasteiger partial charge in [0.25, 0.3) is 0 Å². The van der Waals surface area contributed by atoms with Gasteiger partial charge in [-0.1, -0.05) is 23.7 Å². The van der Waals surface area contributed by atoms with Crippen LogP contribution in [-0.4, -0.2) is 26.5 Å². The van der Waals surface area contributed by atoms with Crippen molar-refractivity contribution in [2.24, 2.45) is 0 Å². The summed E-state index contributed by atoms with van der Waals surface area (Å²) in [5.74, 6) is 1.35. The number of hydrogen-bond acceptors (Lipinski definition) is 4. The van der Waals surface area contributed by atoms with Crippen LogP contribution in [0.2, 0.25) is 5.02 Å². The first-order chi connectivity index (χ1) is 12.0. The summed E-state index contributed by atoms with van der Waals surface area (Å²) in [4.78, 5) is 14.1. The fourth-order valence-corrected chi connectivity index (χ4v) is 3.39. The van der Waals surface area contributed by atoms with Crippen molar-refractivity contribution in [3.8, 4) is 17.3 Å². The van der Waals surface area contributed by atoms with E-state index < -0.39 is 0 Å². The number of pyridine rings is 1. The molecule has 0 aliphatic carbocycles. The highest BCUT2D eigenvalue weighted by atomic mass is 35.5. The Bertz CT molecular complexity index is 1130. The molecule has 1 aromatic carbocycles. The molecule has 0 saturated carbocycles. The largest absolute Gasteiger partial charge is 0.481 e. The van der Waals surface area contributed by atoms with Gasteiger partial charge in [-0.25, -0.2) is 9.97 Å². The van der Waals surface area contributed by atoms with E-state index in [1.54, 1.807) is 7.11 Å². The van der Waals surface area contributed by atoms with Gasteiger partial charge in [-0.3, -0.25) is 4.40 Å². The lowest BCUT2D eigenvalue weighted by molar-refractivity contribution is 0.399. The van der Waals surface area contributed by atoms with E-state index in [0.29, 0.717) is 10.9 Å². The number of methoxy groups -OCH3 is 1. The maximum Gasteiger partial charge on any atom is 0.215 e. The number of aromatic nitrogens is 4. The summed E-state index contributed by atoms with van der Waals surface area (Å²) in [7, 11) is 1.61. The van der Waals surface area contributed by atoms with E-state index in [9.17, 15) is 0 Å². The molecule has 0 N–H and O–H groups in total. The molecule has 0 radical (unpaired) electrons. The molecule has 25 heavy (non-hydrogen) atoms. The molecule has 4 rings (SSSR count). The molecule has 4 aromatic rings. The van der Waals surface area contributed by atoms with E-state index in [1.807, 2.05) is 55.5 Å². The minimum atomic E-state index is 0.541. The molecule has 0 atom stereocenters. The quantitative estimate of drug-likeness (QED) is 0.531. The Labute approximate surface area is 150 Å². The smallest absolute Gasteiger partial charge is 0.215 e. The third-order valence-electron chi connectivity index (χ3n) is 4.44. The highest BCUT2D eigenvalue weighted by molar-refractivity contribution is 6.31. The molecule has 6 heteroatoms. The highest BCUT2D eigenvalue weighted by Gasteiger charge is 2.19. The maximum absolute atomic E-state index is 6.33. The molecule has 3 heterocycles. The number of nitrogens with zero attached hydrogens (tertiary/aromatic N) is 4. The van der Waals surface area contributed by atoms with Crippen molar-refractivity contribution >= 4 is 28.3 Å². The van der Waals surface area contributed by atoms with Gasteiger partial charge in [0.05, 0.1) is 24.0 Å². The van der Waals surface area contributed by atoms with Crippen LogP contribution in [0.1, 0.15) is 17.0 Å². The summed E-state index contributed by atoms with van der Waals surface area (Å²) < 4.78 is 7.35. The van der Waals surface area contributed by atoms with Crippen molar-refractivity contribution in [1.82, 2.24) is 19.4 Å². The number of hydrogen-bond donors (Lipinski definition) is 0. The van der Waals surface area contributed by atoms with Crippen LogP contribution in [0.4, 0.5) is 0 Å². The van der Waals surface area contributed by atoms with E-state index in [1.165, 1.54) is 0 Å². The second-order valence-corrected chi connectivity index (χ2v) is 6.42. The molecular formula is C19H17ClN4O. The number of ether oxygens (including phenoxy) is 1. The van der Waals surface area contributed by atoms with Crippen LogP contribution in [0.15, 0.2) is 30.3 Å². The van der Waals surface area contributed by atoms with Gasteiger partial charge in [0, 0.05) is 16.7 Å². The number of imidazole rings is 1. The van der Waals surface area contributed by atoms with E-state index in [-0.39, 0.29) is 0 Å². The number of aryl methyl sites for hydroxylation is 2. The summed E-state index contributed by atoms with van der Waals surface area (Å²) in [6.07, 6.45) is 0. The molecule has 0 bridgehead atoms. The molecule has 126 valence electrons. The Morgan fingerprint density at radius 3 is 2.48 bits per heavy atom. The van der Waals surface area contributed by atoms with Crippen molar-refractivity contribution < 1.29 is 4.74 Å². The van der Waals surface area contributed by atoms with Crippen LogP contribution in [0.3, 0.4) is 0 Å². The Morgan fingerprint density at radius 1 is 0.960 bits per heavy atom. The lowest BCUT2D eigenvalue weighted by Crippen LogP contribution is -2.01. The van der Waals surface area contributed by atoms with Crippen LogP contribution >= 0.6 is 11.6 Å². The molecule has 0 fully saturated rings. The lowest BCUT2D eigenvalue weighted by atomic mass is 10.1. The van der Waals surface area contributed by atoms with Crippen molar-refractivity contribution in [2.45, 2.75) is 20.8 Å². The van der Waals surface area contributed by atoms with Crippen molar-refractivity contribution in [3.05, 3.63) is 52.3 Å². The summed E-state index contributed by atoms with van der Waals surface area (Å²) in [6, 6.07) is 9.57. The van der Waals surface area contributed by atoms with Gasteiger partial charge in [-0.05, 0) is 38.5 Å². The van der Waals surface area contributed by atoms with E-state index in [2.05, 4.69) is 9.97 Å². The summed E-state index contributed by atoms with van der Waals surface area (Å²) in [5.41, 5.74) is 6.26. The highest BCUT2D eigenvalue weighted by Crippen LogP contribution is 2.32. The summed E-state index contributed by atoms with van der Waals surface area (Å²) in [6.45, 7) is 5.97. The van der Waals surface area contributed by atoms with Gasteiger partial charge < -0.3 is 4.74 Å². The standard InChI is InChI=1S/C19H17ClN4O/c1-10-13(6-5-7-14(10)20)18-22-12(3)17-11(2)21-15-8-9-16(25-4)23-19(15)24(17)18/h5-9H,1-4H3. The third-order valence-corrected chi connectivity index (χ3v) is 4.85. The first-order valence-corrected chi connectivity index (χ1v) is 8.35. The zero-order valence-electron chi connectivity index (χ0n) is 14.5. The van der Waals surface area contributed by atoms with E-state index in [0.717, 1.165) is 45.0 Å². The predicted octanol–water partition coefficient (Wildman–Crippen LogP) is 4.53. The number of rotatable bonds is 2. The van der Waals surface area contributed by atoms with Crippen LogP contribution in [-0.2, 0) is 0 Å². The number of benzene rings is 1. The fourth-order valence-electron chi connectivity index (χ4n) is 3.21. The van der Waals surface area contributed by atoms with Crippen LogP contribution < -0.4 is 4.74 Å². The number of fused-ring (bicyclic) bond motifs is 3. The molecule has 0 unspecified atom stereocenters. The summed E-state index contributed by atoms with van der Waals surface area (Å²) in [5, 5.41) is 0.715. The molecule has 0 aliphatic heterocycles. The van der Waals surface area contributed by atoms with Gasteiger partial charge in [0.1, 0.15) is 11.3 Å². The Hall–Kier alpha value is -2.66. The fraction of sp³-hybridized carbons (Fsp3) is 0.211. The second-order valence-electron chi connectivity index (χ2n) is 6.01. The molecule has 0 aliphatic rings. The van der Waals surface area contributed by atoms with Crippen molar-refractivity contribution in [3.63, 3.8) is 0 Å². The van der Waals surface area contributed by atoms with Gasteiger partial charge in [-0.15, -0.1) is 0 Å². The Kier molecular flexibility index (Phi) is 3.62. The van der Waals surface area contributed by atoms with Gasteiger partial charge >= 0.3 is 0 Å². The first-order valence-electron chi connectivity index (χ1n) is 7.97. The Balaban J connectivity index is 2.20. The topological polar surface area (TPSA) is 52.3 Å². The van der Waals surface area contributed by atoms with Crippen molar-refractivity contribution in [2.75, 3.05) is 7.11 Å². The van der Waals surface area contributed by atoms with E-state index >= 15 is 0 Å². The van der Waals surface area contributed by atoms with Crippen molar-refractivity contribution in [1.29, 1.82) is 0 Å². The lowest BCUT2D eigenvalue weighted by Gasteiger charge is -2.10. The van der Waals surface area contributed by atoms with Gasteiger partial charge in [0.2, 0.25) is 5.88 Å². The molecular weight excluding hydrogens is 336 g/mol. The average molecular weight is 353 g/mol. The monoisotopic (exact) mass is 352 g/mol. The number of halogens is 1. The van der Waals surface area contributed by atoms with Gasteiger partial charge in [-0.2, -0.15) is 4.98 Å². The average Bonchev–Trinajstić information content (AvgIpc) is 2.95. The molecule has 3 aromatic heterocycles. The first kappa shape index (κ1) is 15.8. The van der Waals surface area contributed by atoms with Crippen LogP contribution in [0.5, 0.6) is 5.88 Å². The third kappa shape index (κ3) is 2.35. The molecule has 5 nitrogen and oxygen atoms in total. The van der Waals surface area contributed by atoms with Crippen LogP contribution in [0.25, 0.3) is 28.1 Å². The summed E-state index contributed by atoms with van der Waals surface area (Å²) >= 11 is 6.33. The molecule has 0 spiro atoms. The normalized spacial score (nSPS) is 11.4. The minimum Gasteiger partial charge on any atom is -0.481 e. The van der Waals surface area contributed by atoms with Gasteiger partial charge in [0.15, 0.2) is 5.65 Å². The molecule has 0 saturated heterocycles. The zero-order valence-corrected chi connectivity index (χ0v) is 15.2.